The molecule has 0 saturated heterocycles. The molecule has 1 atom stereocenters. The lowest BCUT2D eigenvalue weighted by molar-refractivity contribution is -0.154. The standard InChI is InChI=1S/C10H18ClNO4S/c1-10(2,3)16-9(13)6-7(12)5-8(11)17(4,14)15/h5,7H,6,12H2,1-4H3/b8-5+/t7-/m1/s1. The van der Waals surface area contributed by atoms with Crippen LogP contribution < -0.4 is 5.73 Å². The molecule has 0 amide bonds. The Kier molecular flexibility index (Phi) is 5.64. The second kappa shape index (κ2) is 5.84. The highest BCUT2D eigenvalue weighted by Gasteiger charge is 2.19. The number of esters is 1. The molecular formula is C10H18ClNO4S. The molecule has 0 aromatic rings. The van der Waals surface area contributed by atoms with E-state index in [1.807, 2.05) is 0 Å². The first-order valence-electron chi connectivity index (χ1n) is 4.96. The zero-order chi connectivity index (χ0) is 13.9. The predicted octanol–water partition coefficient (Wildman–Crippen LogP) is 1.17. The Morgan fingerprint density at radius 1 is 1.47 bits per heavy atom. The molecule has 0 radical (unpaired) electrons. The summed E-state index contributed by atoms with van der Waals surface area (Å²) in [4.78, 5) is 11.4. The minimum Gasteiger partial charge on any atom is -0.460 e. The van der Waals surface area contributed by atoms with Gasteiger partial charge in [0.2, 0.25) is 0 Å². The normalized spacial score (nSPS) is 15.5. The number of nitrogens with two attached hydrogens (primary N) is 1. The van der Waals surface area contributed by atoms with Crippen molar-refractivity contribution < 1.29 is 17.9 Å². The maximum Gasteiger partial charge on any atom is 0.308 e. The van der Waals surface area contributed by atoms with E-state index in [1.54, 1.807) is 20.8 Å². The maximum atomic E-state index is 11.4. The van der Waals surface area contributed by atoms with Crippen LogP contribution in [-0.2, 0) is 19.4 Å². The number of halogens is 1. The highest BCUT2D eigenvalue weighted by molar-refractivity contribution is 7.96. The second-order valence-corrected chi connectivity index (χ2v) is 7.31. The predicted molar refractivity (Wildman–Crippen MR) is 67.2 cm³/mol. The second-order valence-electron chi connectivity index (χ2n) is 4.70. The van der Waals surface area contributed by atoms with E-state index < -0.39 is 27.4 Å². The Bertz CT molecular complexity index is 409. The third-order valence-corrected chi connectivity index (χ3v) is 3.33. The summed E-state index contributed by atoms with van der Waals surface area (Å²) >= 11 is 5.51. The molecule has 0 unspecified atom stereocenters. The number of carbonyl (C=O) groups excluding carboxylic acids is 1. The van der Waals surface area contributed by atoms with E-state index in [9.17, 15) is 13.2 Å². The molecule has 0 aromatic carbocycles. The summed E-state index contributed by atoms with van der Waals surface area (Å²) in [5.74, 6) is -0.501. The fourth-order valence-corrected chi connectivity index (χ4v) is 1.51. The molecule has 7 heteroatoms. The van der Waals surface area contributed by atoms with Gasteiger partial charge in [0.15, 0.2) is 9.84 Å². The van der Waals surface area contributed by atoms with Crippen molar-refractivity contribution in [3.05, 3.63) is 10.4 Å². The Morgan fingerprint density at radius 3 is 2.29 bits per heavy atom. The van der Waals surface area contributed by atoms with Crippen molar-refractivity contribution in [1.82, 2.24) is 0 Å². The van der Waals surface area contributed by atoms with Crippen LogP contribution >= 0.6 is 11.6 Å². The number of hydrogen-bond donors (Lipinski definition) is 1. The van der Waals surface area contributed by atoms with Crippen LogP contribution in [0.25, 0.3) is 0 Å². The van der Waals surface area contributed by atoms with E-state index in [1.165, 1.54) is 0 Å². The minimum atomic E-state index is -3.47. The molecular weight excluding hydrogens is 266 g/mol. The molecule has 5 nitrogen and oxygen atoms in total. The Hall–Kier alpha value is -0.590. The van der Waals surface area contributed by atoms with Gasteiger partial charge >= 0.3 is 5.97 Å². The van der Waals surface area contributed by atoms with Crippen LogP contribution in [0.3, 0.4) is 0 Å². The topological polar surface area (TPSA) is 86.5 Å². The molecule has 0 aliphatic rings. The van der Waals surface area contributed by atoms with Crippen molar-refractivity contribution in [2.45, 2.75) is 38.8 Å². The van der Waals surface area contributed by atoms with Gasteiger partial charge in [-0.3, -0.25) is 4.79 Å². The zero-order valence-electron chi connectivity index (χ0n) is 10.4. The van der Waals surface area contributed by atoms with Crippen molar-refractivity contribution in [1.29, 1.82) is 0 Å². The van der Waals surface area contributed by atoms with Gasteiger partial charge in [0, 0.05) is 12.3 Å². The molecule has 0 aliphatic carbocycles. The van der Waals surface area contributed by atoms with Crippen LogP contribution in [0.2, 0.25) is 0 Å². The van der Waals surface area contributed by atoms with Crippen LogP contribution in [0, 0.1) is 0 Å². The first kappa shape index (κ1) is 16.4. The van der Waals surface area contributed by atoms with Crippen molar-refractivity contribution >= 4 is 27.4 Å². The maximum absolute atomic E-state index is 11.4. The smallest absolute Gasteiger partial charge is 0.308 e. The molecule has 0 bridgehead atoms. The van der Waals surface area contributed by atoms with E-state index >= 15 is 0 Å². The van der Waals surface area contributed by atoms with Crippen LogP contribution in [0.4, 0.5) is 0 Å². The van der Waals surface area contributed by atoms with Crippen molar-refractivity contribution in [2.24, 2.45) is 5.73 Å². The largest absolute Gasteiger partial charge is 0.460 e. The molecule has 17 heavy (non-hydrogen) atoms. The van der Waals surface area contributed by atoms with Crippen molar-refractivity contribution in [3.8, 4) is 0 Å². The summed E-state index contributed by atoms with van der Waals surface area (Å²) in [5.41, 5.74) is 4.97. The summed E-state index contributed by atoms with van der Waals surface area (Å²) in [5, 5.41) is 0. The lowest BCUT2D eigenvalue weighted by Gasteiger charge is -2.20. The molecule has 0 heterocycles. The van der Waals surface area contributed by atoms with Crippen molar-refractivity contribution in [3.63, 3.8) is 0 Å². The molecule has 0 saturated carbocycles. The first-order valence-corrected chi connectivity index (χ1v) is 7.23. The van der Waals surface area contributed by atoms with Crippen LogP contribution in [0.1, 0.15) is 27.2 Å². The molecule has 2 N–H and O–H groups in total. The fraction of sp³-hybridized carbons (Fsp3) is 0.700. The summed E-state index contributed by atoms with van der Waals surface area (Å²) in [7, 11) is -3.47. The molecule has 100 valence electrons. The molecule has 0 rings (SSSR count). The van der Waals surface area contributed by atoms with Gasteiger partial charge in [0.05, 0.1) is 6.42 Å². The van der Waals surface area contributed by atoms with E-state index in [0.29, 0.717) is 0 Å². The van der Waals surface area contributed by atoms with Crippen LogP contribution in [0.15, 0.2) is 10.4 Å². The van der Waals surface area contributed by atoms with Gasteiger partial charge < -0.3 is 10.5 Å². The Morgan fingerprint density at radius 2 is 1.94 bits per heavy atom. The van der Waals surface area contributed by atoms with Gasteiger partial charge in [-0.25, -0.2) is 8.42 Å². The highest BCUT2D eigenvalue weighted by Crippen LogP contribution is 2.13. The molecule has 0 aliphatic heterocycles. The summed E-state index contributed by atoms with van der Waals surface area (Å²) in [6.45, 7) is 5.20. The summed E-state index contributed by atoms with van der Waals surface area (Å²) in [6, 6.07) is -0.785. The van der Waals surface area contributed by atoms with Crippen LogP contribution in [0.5, 0.6) is 0 Å². The summed E-state index contributed by atoms with van der Waals surface area (Å²) in [6.07, 6.45) is 1.97. The quantitative estimate of drug-likeness (QED) is 0.783. The van der Waals surface area contributed by atoms with E-state index in [0.717, 1.165) is 12.3 Å². The SMILES string of the molecule is CC(C)(C)OC(=O)C[C@H](N)/C=C(\Cl)S(C)(=O)=O. The van der Waals surface area contributed by atoms with Gasteiger partial charge in [-0.2, -0.15) is 0 Å². The fourth-order valence-electron chi connectivity index (χ4n) is 0.926. The number of ether oxygens (including phenoxy) is 1. The first-order chi connectivity index (χ1) is 7.42. The summed E-state index contributed by atoms with van der Waals surface area (Å²) < 4.78 is 26.7. The van der Waals surface area contributed by atoms with E-state index in [-0.39, 0.29) is 10.8 Å². The molecule has 0 spiro atoms. The van der Waals surface area contributed by atoms with E-state index in [4.69, 9.17) is 22.1 Å². The number of carbonyl (C=O) groups is 1. The zero-order valence-corrected chi connectivity index (χ0v) is 11.9. The lowest BCUT2D eigenvalue weighted by atomic mass is 10.2. The lowest BCUT2D eigenvalue weighted by Crippen LogP contribution is -2.29. The Balaban J connectivity index is 4.48. The van der Waals surface area contributed by atoms with Crippen LogP contribution in [-0.4, -0.2) is 32.3 Å². The number of sulfone groups is 1. The van der Waals surface area contributed by atoms with Gasteiger partial charge in [-0.05, 0) is 26.8 Å². The highest BCUT2D eigenvalue weighted by atomic mass is 35.5. The third-order valence-electron chi connectivity index (χ3n) is 1.52. The van der Waals surface area contributed by atoms with Gasteiger partial charge in [-0.1, -0.05) is 11.6 Å². The minimum absolute atomic E-state index is 0.122. The Labute approximate surface area is 107 Å². The number of rotatable bonds is 4. The monoisotopic (exact) mass is 283 g/mol. The molecule has 0 fully saturated rings. The van der Waals surface area contributed by atoms with Gasteiger partial charge in [-0.15, -0.1) is 0 Å². The van der Waals surface area contributed by atoms with Gasteiger partial charge in [0.25, 0.3) is 0 Å². The third kappa shape index (κ3) is 8.18. The average Bonchev–Trinajstić information content (AvgIpc) is 1.96. The molecule has 0 aromatic heterocycles. The van der Waals surface area contributed by atoms with E-state index in [2.05, 4.69) is 0 Å². The number of hydrogen-bond acceptors (Lipinski definition) is 5. The van der Waals surface area contributed by atoms with Crippen molar-refractivity contribution in [2.75, 3.05) is 6.26 Å². The van der Waals surface area contributed by atoms with Gasteiger partial charge in [0.1, 0.15) is 9.97 Å². The average molecular weight is 284 g/mol.